The fraction of sp³-hybridized carbons (Fsp3) is 0.0667. The van der Waals surface area contributed by atoms with Crippen molar-refractivity contribution in [2.45, 2.75) is 6.42 Å². The normalized spacial score (nSPS) is 10.5. The number of nitrogens with zero attached hydrogens (tertiary/aromatic N) is 3. The number of carboxylic acids is 1. The molecule has 2 N–H and O–H groups in total. The van der Waals surface area contributed by atoms with Gasteiger partial charge in [0.25, 0.3) is 0 Å². The van der Waals surface area contributed by atoms with Crippen LogP contribution in [0.1, 0.15) is 5.69 Å². The molecule has 0 aliphatic rings. The van der Waals surface area contributed by atoms with Crippen molar-refractivity contribution in [1.29, 1.82) is 0 Å². The van der Waals surface area contributed by atoms with Gasteiger partial charge in [-0.15, -0.1) is 11.3 Å². The smallest absolute Gasteiger partial charge is 0.309 e. The summed E-state index contributed by atoms with van der Waals surface area (Å²) in [5, 5.41) is 14.9. The molecule has 0 spiro atoms. The Balaban J connectivity index is 1.80. The van der Waals surface area contributed by atoms with E-state index in [-0.39, 0.29) is 6.42 Å². The molecule has 2 heterocycles. The van der Waals surface area contributed by atoms with E-state index in [1.165, 1.54) is 11.3 Å². The number of benzene rings is 1. The minimum Gasteiger partial charge on any atom is -0.481 e. The lowest BCUT2D eigenvalue weighted by molar-refractivity contribution is -0.136. The maximum atomic E-state index is 10.7. The first-order chi connectivity index (χ1) is 11.1. The Morgan fingerprint density at radius 3 is 2.74 bits per heavy atom. The number of carbonyl (C=O) groups is 1. The van der Waals surface area contributed by atoms with Crippen molar-refractivity contribution in [3.63, 3.8) is 0 Å². The number of nitrogens with one attached hydrogen (secondary N) is 1. The Bertz CT molecular complexity index is 836. The predicted molar refractivity (Wildman–Crippen MR) is 89.2 cm³/mol. The maximum absolute atomic E-state index is 10.7. The summed E-state index contributed by atoms with van der Waals surface area (Å²) < 4.78 is 0. The van der Waals surface area contributed by atoms with Crippen LogP contribution in [0.25, 0.3) is 10.7 Å². The van der Waals surface area contributed by atoms with Gasteiger partial charge < -0.3 is 10.4 Å². The standard InChI is InChI=1S/C15H11ClN4O2S/c16-9-1-3-10(4-2-9)19-15-17-6-5-12(20-15)14-18-11(8-23-14)7-13(21)22/h1-6,8H,7H2,(H,21,22)(H,17,19,20). The molecule has 3 aromatic rings. The van der Waals surface area contributed by atoms with Gasteiger partial charge >= 0.3 is 5.97 Å². The second-order valence-electron chi connectivity index (χ2n) is 4.61. The molecule has 6 nitrogen and oxygen atoms in total. The van der Waals surface area contributed by atoms with Crippen molar-refractivity contribution in [2.24, 2.45) is 0 Å². The molecule has 8 heteroatoms. The lowest BCUT2D eigenvalue weighted by atomic mass is 10.3. The molecule has 2 aromatic heterocycles. The Labute approximate surface area is 140 Å². The molecule has 1 aromatic carbocycles. The molecule has 0 saturated carbocycles. The number of carboxylic acid groups (broad SMARTS) is 1. The fourth-order valence-corrected chi connectivity index (χ4v) is 2.78. The molecular weight excluding hydrogens is 336 g/mol. The Kier molecular flexibility index (Phi) is 4.50. The molecule has 0 radical (unpaired) electrons. The quantitative estimate of drug-likeness (QED) is 0.733. The van der Waals surface area contributed by atoms with Gasteiger partial charge in [0, 0.05) is 22.3 Å². The summed E-state index contributed by atoms with van der Waals surface area (Å²) in [6.07, 6.45) is 1.52. The molecule has 0 unspecified atom stereocenters. The third kappa shape index (κ3) is 4.02. The zero-order valence-electron chi connectivity index (χ0n) is 11.7. The highest BCUT2D eigenvalue weighted by Gasteiger charge is 2.10. The van der Waals surface area contributed by atoms with Crippen molar-refractivity contribution in [3.8, 4) is 10.7 Å². The zero-order valence-corrected chi connectivity index (χ0v) is 13.3. The summed E-state index contributed by atoms with van der Waals surface area (Å²) in [4.78, 5) is 23.6. The van der Waals surface area contributed by atoms with E-state index in [4.69, 9.17) is 16.7 Å². The molecule has 23 heavy (non-hydrogen) atoms. The summed E-state index contributed by atoms with van der Waals surface area (Å²) >= 11 is 7.20. The van der Waals surface area contributed by atoms with Crippen LogP contribution in [0.5, 0.6) is 0 Å². The van der Waals surface area contributed by atoms with Gasteiger partial charge in [0.1, 0.15) is 10.7 Å². The average Bonchev–Trinajstić information content (AvgIpc) is 2.98. The first kappa shape index (κ1) is 15.4. The van der Waals surface area contributed by atoms with Crippen LogP contribution in [0, 0.1) is 0 Å². The summed E-state index contributed by atoms with van der Waals surface area (Å²) in [6.45, 7) is 0. The van der Waals surface area contributed by atoms with Gasteiger partial charge in [-0.05, 0) is 30.3 Å². The van der Waals surface area contributed by atoms with E-state index in [9.17, 15) is 4.79 Å². The number of halogens is 1. The average molecular weight is 347 g/mol. The molecule has 0 fully saturated rings. The molecule has 0 aliphatic heterocycles. The van der Waals surface area contributed by atoms with E-state index in [1.807, 2.05) is 12.1 Å². The van der Waals surface area contributed by atoms with Crippen LogP contribution in [0.4, 0.5) is 11.6 Å². The topological polar surface area (TPSA) is 88.0 Å². The minimum absolute atomic E-state index is 0.0997. The zero-order chi connectivity index (χ0) is 16.2. The molecule has 0 atom stereocenters. The van der Waals surface area contributed by atoms with E-state index in [1.54, 1.807) is 29.8 Å². The van der Waals surface area contributed by atoms with Crippen LogP contribution in [0.15, 0.2) is 41.9 Å². The van der Waals surface area contributed by atoms with E-state index in [0.717, 1.165) is 5.69 Å². The number of aromatic nitrogens is 3. The molecule has 3 rings (SSSR count). The number of anilines is 2. The highest BCUT2D eigenvalue weighted by atomic mass is 35.5. The summed E-state index contributed by atoms with van der Waals surface area (Å²) in [5.41, 5.74) is 1.97. The minimum atomic E-state index is -0.908. The van der Waals surface area contributed by atoms with E-state index in [0.29, 0.717) is 27.4 Å². The Morgan fingerprint density at radius 1 is 1.22 bits per heavy atom. The molecule has 0 aliphatic carbocycles. The van der Waals surface area contributed by atoms with Gasteiger partial charge in [0.15, 0.2) is 0 Å². The van der Waals surface area contributed by atoms with Crippen molar-refractivity contribution < 1.29 is 9.90 Å². The van der Waals surface area contributed by atoms with Crippen molar-refractivity contribution in [2.75, 3.05) is 5.32 Å². The Hall–Kier alpha value is -2.51. The second-order valence-corrected chi connectivity index (χ2v) is 5.91. The first-order valence-corrected chi connectivity index (χ1v) is 7.88. The molecular formula is C15H11ClN4O2S. The summed E-state index contributed by atoms with van der Waals surface area (Å²) in [5.74, 6) is -0.477. The third-order valence-electron chi connectivity index (χ3n) is 2.86. The van der Waals surface area contributed by atoms with E-state index in [2.05, 4.69) is 20.3 Å². The number of aliphatic carboxylic acids is 1. The van der Waals surface area contributed by atoms with Crippen LogP contribution in [-0.4, -0.2) is 26.0 Å². The van der Waals surface area contributed by atoms with Gasteiger partial charge in [0.05, 0.1) is 12.1 Å². The summed E-state index contributed by atoms with van der Waals surface area (Å²) in [6, 6.07) is 8.93. The van der Waals surface area contributed by atoms with Crippen LogP contribution in [-0.2, 0) is 11.2 Å². The predicted octanol–water partition coefficient (Wildman–Crippen LogP) is 3.62. The van der Waals surface area contributed by atoms with Crippen LogP contribution < -0.4 is 5.32 Å². The van der Waals surface area contributed by atoms with Gasteiger partial charge in [0.2, 0.25) is 5.95 Å². The monoisotopic (exact) mass is 346 g/mol. The largest absolute Gasteiger partial charge is 0.481 e. The lowest BCUT2D eigenvalue weighted by Gasteiger charge is -2.05. The molecule has 0 saturated heterocycles. The van der Waals surface area contributed by atoms with Crippen molar-refractivity contribution in [1.82, 2.24) is 15.0 Å². The molecule has 0 amide bonds. The fourth-order valence-electron chi connectivity index (χ4n) is 1.86. The van der Waals surface area contributed by atoms with Crippen LogP contribution in [0.3, 0.4) is 0 Å². The first-order valence-electron chi connectivity index (χ1n) is 6.62. The number of hydrogen-bond acceptors (Lipinski definition) is 6. The van der Waals surface area contributed by atoms with Crippen molar-refractivity contribution in [3.05, 3.63) is 52.6 Å². The van der Waals surface area contributed by atoms with Crippen molar-refractivity contribution >= 4 is 40.5 Å². The maximum Gasteiger partial charge on any atom is 0.309 e. The highest BCUT2D eigenvalue weighted by Crippen LogP contribution is 2.23. The van der Waals surface area contributed by atoms with Gasteiger partial charge in [-0.25, -0.2) is 15.0 Å². The lowest BCUT2D eigenvalue weighted by Crippen LogP contribution is -2.00. The second kappa shape index (κ2) is 6.72. The Morgan fingerprint density at radius 2 is 2.00 bits per heavy atom. The van der Waals surface area contributed by atoms with E-state index >= 15 is 0 Å². The van der Waals surface area contributed by atoms with Crippen LogP contribution >= 0.6 is 22.9 Å². The third-order valence-corrected chi connectivity index (χ3v) is 4.02. The highest BCUT2D eigenvalue weighted by molar-refractivity contribution is 7.13. The molecule has 116 valence electrons. The number of rotatable bonds is 5. The van der Waals surface area contributed by atoms with Gasteiger partial charge in [-0.3, -0.25) is 4.79 Å². The SMILES string of the molecule is O=C(O)Cc1csc(-c2ccnc(Nc3ccc(Cl)cc3)n2)n1. The van der Waals surface area contributed by atoms with E-state index < -0.39 is 5.97 Å². The van der Waals surface area contributed by atoms with Gasteiger partial charge in [-0.1, -0.05) is 11.6 Å². The van der Waals surface area contributed by atoms with Crippen LogP contribution in [0.2, 0.25) is 5.02 Å². The number of thiazole rings is 1. The molecule has 0 bridgehead atoms. The summed E-state index contributed by atoms with van der Waals surface area (Å²) in [7, 11) is 0. The number of hydrogen-bond donors (Lipinski definition) is 2. The van der Waals surface area contributed by atoms with Gasteiger partial charge in [-0.2, -0.15) is 0 Å².